The van der Waals surface area contributed by atoms with E-state index in [0.29, 0.717) is 24.1 Å². The Morgan fingerprint density at radius 2 is 1.86 bits per heavy atom. The average Bonchev–Trinajstić information content (AvgIpc) is 3.16. The second-order valence-electron chi connectivity index (χ2n) is 6.79. The molecule has 5 nitrogen and oxygen atoms in total. The van der Waals surface area contributed by atoms with Gasteiger partial charge in [0.05, 0.1) is 13.3 Å². The normalized spacial score (nSPS) is 15.2. The van der Waals surface area contributed by atoms with E-state index in [1.54, 1.807) is 12.3 Å². The van der Waals surface area contributed by atoms with Gasteiger partial charge in [-0.05, 0) is 24.8 Å². The first-order chi connectivity index (χ1) is 13.5. The van der Waals surface area contributed by atoms with E-state index in [9.17, 15) is 18.0 Å². The summed E-state index contributed by atoms with van der Waals surface area (Å²) in [4.78, 5) is 21.0. The number of aromatic amines is 1. The van der Waals surface area contributed by atoms with Gasteiger partial charge in [-0.1, -0.05) is 0 Å². The molecule has 0 atom stereocenters. The number of methoxy groups -OCH3 is 1. The van der Waals surface area contributed by atoms with Crippen LogP contribution in [0.3, 0.4) is 0 Å². The number of carbonyl (C=O) groups excluding carboxylic acids is 1. The van der Waals surface area contributed by atoms with E-state index in [2.05, 4.69) is 9.97 Å². The van der Waals surface area contributed by atoms with Crippen LogP contribution in [0.2, 0.25) is 0 Å². The molecule has 28 heavy (non-hydrogen) atoms. The zero-order valence-electron chi connectivity index (χ0n) is 15.1. The van der Waals surface area contributed by atoms with E-state index in [1.807, 2.05) is 0 Å². The first-order valence-corrected chi connectivity index (χ1v) is 8.93. The molecule has 3 aromatic rings. The number of benzene rings is 1. The molecule has 1 saturated heterocycles. The van der Waals surface area contributed by atoms with Crippen LogP contribution < -0.4 is 4.74 Å². The van der Waals surface area contributed by atoms with Crippen LogP contribution in [-0.4, -0.2) is 41.0 Å². The molecule has 4 rings (SSSR count). The summed E-state index contributed by atoms with van der Waals surface area (Å²) in [5.74, 6) is -3.11. The molecule has 2 aromatic heterocycles. The van der Waals surface area contributed by atoms with Crippen molar-refractivity contribution in [3.05, 3.63) is 59.2 Å². The third-order valence-corrected chi connectivity index (χ3v) is 5.24. The number of pyridine rings is 1. The molecular weight excluding hydrogens is 371 g/mol. The Balaban J connectivity index is 1.54. The summed E-state index contributed by atoms with van der Waals surface area (Å²) in [6, 6.07) is 3.75. The predicted octanol–water partition coefficient (Wildman–Crippen LogP) is 4.01. The van der Waals surface area contributed by atoms with E-state index in [4.69, 9.17) is 4.74 Å². The monoisotopic (exact) mass is 389 g/mol. The molecule has 0 spiro atoms. The van der Waals surface area contributed by atoms with Gasteiger partial charge in [0.1, 0.15) is 34.4 Å². The van der Waals surface area contributed by atoms with E-state index in [1.165, 1.54) is 18.2 Å². The van der Waals surface area contributed by atoms with Crippen molar-refractivity contribution < 1.29 is 22.7 Å². The van der Waals surface area contributed by atoms with Crippen molar-refractivity contribution in [2.45, 2.75) is 18.8 Å². The van der Waals surface area contributed by atoms with Crippen LogP contribution >= 0.6 is 0 Å². The number of likely N-dealkylation sites (tertiary alicyclic amines) is 1. The lowest BCUT2D eigenvalue weighted by molar-refractivity contribution is 0.0702. The van der Waals surface area contributed by atoms with Crippen molar-refractivity contribution in [2.24, 2.45) is 0 Å². The summed E-state index contributed by atoms with van der Waals surface area (Å²) < 4.78 is 47.6. The number of hydrogen-bond acceptors (Lipinski definition) is 3. The number of aromatic nitrogens is 2. The molecule has 146 valence electrons. The summed E-state index contributed by atoms with van der Waals surface area (Å²) in [6.45, 7) is 0.560. The molecule has 1 aliphatic heterocycles. The zero-order valence-corrected chi connectivity index (χ0v) is 15.1. The molecule has 1 aliphatic rings. The fraction of sp³-hybridized carbons (Fsp3) is 0.300. The first kappa shape index (κ1) is 18.3. The number of carbonyl (C=O) groups is 1. The number of nitrogens with one attached hydrogen (secondary N) is 1. The highest BCUT2D eigenvalue weighted by Crippen LogP contribution is 2.35. The Kier molecular flexibility index (Phi) is 4.70. The number of fused-ring (bicyclic) bond motifs is 1. The van der Waals surface area contributed by atoms with Gasteiger partial charge in [0.25, 0.3) is 5.91 Å². The second kappa shape index (κ2) is 7.18. The molecule has 0 radical (unpaired) electrons. The fourth-order valence-corrected chi connectivity index (χ4v) is 3.82. The molecule has 1 fully saturated rings. The highest BCUT2D eigenvalue weighted by atomic mass is 19.1. The van der Waals surface area contributed by atoms with Crippen LogP contribution in [0.25, 0.3) is 11.0 Å². The third kappa shape index (κ3) is 3.08. The summed E-state index contributed by atoms with van der Waals surface area (Å²) in [5.41, 5.74) is 0.583. The molecule has 0 unspecified atom stereocenters. The Bertz CT molecular complexity index is 1020. The molecule has 0 aliphatic carbocycles. The maximum atomic E-state index is 14.4. The molecule has 1 aromatic carbocycles. The number of halogens is 3. The summed E-state index contributed by atoms with van der Waals surface area (Å²) >= 11 is 0. The van der Waals surface area contributed by atoms with Gasteiger partial charge in [-0.2, -0.15) is 0 Å². The maximum absolute atomic E-state index is 14.4. The number of H-pyrrole nitrogens is 1. The van der Waals surface area contributed by atoms with Gasteiger partial charge in [-0.15, -0.1) is 0 Å². The Morgan fingerprint density at radius 3 is 2.50 bits per heavy atom. The molecule has 0 saturated carbocycles. The molecular formula is C20H18F3N3O2. The van der Waals surface area contributed by atoms with Crippen molar-refractivity contribution in [1.82, 2.24) is 14.9 Å². The van der Waals surface area contributed by atoms with E-state index in [-0.39, 0.29) is 30.6 Å². The number of nitrogens with zero attached hydrogens (tertiary/aromatic N) is 2. The number of hydrogen-bond donors (Lipinski definition) is 1. The predicted molar refractivity (Wildman–Crippen MR) is 96.8 cm³/mol. The van der Waals surface area contributed by atoms with Crippen LogP contribution in [0.1, 0.15) is 34.7 Å². The standard InChI is InChI=1S/C20H18F3N3O2/c1-28-12-8-14(21)18(15(22)9-12)20(27)26-6-3-11(4-7-26)17-13-2-5-24-19(13)25-10-16(17)23/h2,5,8-11H,3-4,6-7H2,1H3,(H,24,25). The molecule has 8 heteroatoms. The number of rotatable bonds is 3. The topological polar surface area (TPSA) is 58.2 Å². The fourth-order valence-electron chi connectivity index (χ4n) is 3.82. The maximum Gasteiger partial charge on any atom is 0.259 e. The lowest BCUT2D eigenvalue weighted by Gasteiger charge is -2.32. The molecule has 0 bridgehead atoms. The van der Waals surface area contributed by atoms with Crippen molar-refractivity contribution in [2.75, 3.05) is 20.2 Å². The van der Waals surface area contributed by atoms with Crippen LogP contribution in [0.5, 0.6) is 5.75 Å². The van der Waals surface area contributed by atoms with Gasteiger partial charge in [-0.3, -0.25) is 4.79 Å². The van der Waals surface area contributed by atoms with E-state index in [0.717, 1.165) is 17.5 Å². The van der Waals surface area contributed by atoms with Crippen LogP contribution in [0, 0.1) is 17.5 Å². The minimum Gasteiger partial charge on any atom is -0.497 e. The SMILES string of the molecule is COc1cc(F)c(C(=O)N2CCC(c3c(F)cnc4[nH]ccc34)CC2)c(F)c1. The first-order valence-electron chi connectivity index (χ1n) is 8.93. The minimum absolute atomic E-state index is 0.00828. The Labute approximate surface area is 159 Å². The third-order valence-electron chi connectivity index (χ3n) is 5.24. The van der Waals surface area contributed by atoms with Crippen molar-refractivity contribution >= 4 is 16.9 Å². The van der Waals surface area contributed by atoms with Gasteiger partial charge in [0, 0.05) is 42.4 Å². The van der Waals surface area contributed by atoms with Crippen molar-refractivity contribution in [3.8, 4) is 5.75 Å². The zero-order chi connectivity index (χ0) is 19.8. The Morgan fingerprint density at radius 1 is 1.18 bits per heavy atom. The molecule has 1 N–H and O–H groups in total. The number of amides is 1. The highest BCUT2D eigenvalue weighted by molar-refractivity contribution is 5.95. The second-order valence-corrected chi connectivity index (χ2v) is 6.79. The van der Waals surface area contributed by atoms with Crippen molar-refractivity contribution in [3.63, 3.8) is 0 Å². The Hall–Kier alpha value is -3.03. The van der Waals surface area contributed by atoms with Crippen LogP contribution in [0.4, 0.5) is 13.2 Å². The summed E-state index contributed by atoms with van der Waals surface area (Å²) in [7, 11) is 1.29. The van der Waals surface area contributed by atoms with Crippen LogP contribution in [0.15, 0.2) is 30.6 Å². The average molecular weight is 389 g/mol. The molecule has 3 heterocycles. The lowest BCUT2D eigenvalue weighted by atomic mass is 9.87. The smallest absolute Gasteiger partial charge is 0.259 e. The lowest BCUT2D eigenvalue weighted by Crippen LogP contribution is -2.39. The van der Waals surface area contributed by atoms with Gasteiger partial charge >= 0.3 is 0 Å². The molecule has 1 amide bonds. The van der Waals surface area contributed by atoms with Gasteiger partial charge in [-0.25, -0.2) is 18.2 Å². The van der Waals surface area contributed by atoms with Gasteiger partial charge < -0.3 is 14.6 Å². The van der Waals surface area contributed by atoms with Crippen LogP contribution in [-0.2, 0) is 0 Å². The summed E-state index contributed by atoms with van der Waals surface area (Å²) in [5, 5.41) is 0.719. The number of ether oxygens (including phenoxy) is 1. The number of piperidine rings is 1. The van der Waals surface area contributed by atoms with Gasteiger partial charge in [0.2, 0.25) is 0 Å². The van der Waals surface area contributed by atoms with Gasteiger partial charge in [0.15, 0.2) is 0 Å². The highest BCUT2D eigenvalue weighted by Gasteiger charge is 2.30. The van der Waals surface area contributed by atoms with Crippen molar-refractivity contribution in [1.29, 1.82) is 0 Å². The largest absolute Gasteiger partial charge is 0.497 e. The van der Waals surface area contributed by atoms with E-state index < -0.39 is 23.1 Å². The quantitative estimate of drug-likeness (QED) is 0.736. The summed E-state index contributed by atoms with van der Waals surface area (Å²) in [6.07, 6.45) is 3.88. The van der Waals surface area contributed by atoms with E-state index >= 15 is 0 Å². The minimum atomic E-state index is -0.960.